The van der Waals surface area contributed by atoms with E-state index in [1.165, 1.54) is 13.1 Å². The molecule has 0 radical (unpaired) electrons. The summed E-state index contributed by atoms with van der Waals surface area (Å²) in [7, 11) is 1.46. The van der Waals surface area contributed by atoms with Gasteiger partial charge in [-0.15, -0.1) is 0 Å². The number of carboxylic acids is 1. The number of likely N-dealkylation sites (N-methyl/N-ethyl adjacent to an activating group) is 1. The molecule has 2 fully saturated rings. The number of rotatable bonds is 14. The van der Waals surface area contributed by atoms with Gasteiger partial charge in [0.15, 0.2) is 23.8 Å². The van der Waals surface area contributed by atoms with E-state index in [2.05, 4.69) is 37.2 Å². The number of primary amides is 1. The topological polar surface area (TPSA) is 565 Å². The van der Waals surface area contributed by atoms with Gasteiger partial charge in [0, 0.05) is 22.8 Å². The van der Waals surface area contributed by atoms with E-state index in [1.807, 2.05) is 0 Å². The van der Waals surface area contributed by atoms with Crippen molar-refractivity contribution in [1.82, 2.24) is 37.2 Å². The fourth-order valence-electron chi connectivity index (χ4n) is 12.2. The van der Waals surface area contributed by atoms with Gasteiger partial charge in [-0.2, -0.15) is 0 Å². The number of hydrogen-bond acceptors (Lipinski definition) is 27. The first-order chi connectivity index (χ1) is 48.3. The summed E-state index contributed by atoms with van der Waals surface area (Å²) in [5, 5.41) is 162. The van der Waals surface area contributed by atoms with Gasteiger partial charge in [0.25, 0.3) is 0 Å². The van der Waals surface area contributed by atoms with E-state index in [0.717, 1.165) is 72.8 Å². The zero-order valence-corrected chi connectivity index (χ0v) is 55.3. The average molecular weight is 1470 g/mol. The first kappa shape index (κ1) is 75.4. The van der Waals surface area contributed by atoms with Crippen LogP contribution in [0.25, 0.3) is 11.1 Å². The van der Waals surface area contributed by atoms with Gasteiger partial charge in [-0.3, -0.25) is 33.6 Å². The van der Waals surface area contributed by atoms with E-state index < -0.39 is 261 Å². The zero-order valence-electron chi connectivity index (χ0n) is 53.7. The number of phenols is 3. The fourth-order valence-corrected chi connectivity index (χ4v) is 12.7. The lowest BCUT2D eigenvalue weighted by atomic mass is 9.89. The van der Waals surface area contributed by atoms with Crippen molar-refractivity contribution in [3.63, 3.8) is 0 Å². The predicted molar refractivity (Wildman–Crippen MR) is 346 cm³/mol. The van der Waals surface area contributed by atoms with Crippen LogP contribution in [0.5, 0.6) is 46.0 Å². The van der Waals surface area contributed by atoms with E-state index >= 15 is 14.4 Å². The van der Waals surface area contributed by atoms with Crippen LogP contribution in [0, 0.1) is 5.92 Å². The van der Waals surface area contributed by atoms with E-state index in [1.54, 1.807) is 13.8 Å². The highest BCUT2D eigenvalue weighted by Gasteiger charge is 2.52. The lowest BCUT2D eigenvalue weighted by Gasteiger charge is -2.45. The number of fused-ring (bicyclic) bond motifs is 15. The Hall–Kier alpha value is -9.28. The molecule has 0 unspecified atom stereocenters. The molecule has 7 aliphatic rings. The second-order valence-electron chi connectivity index (χ2n) is 25.0. The van der Waals surface area contributed by atoms with Crippen LogP contribution in [-0.2, 0) is 52.6 Å². The second-order valence-corrected chi connectivity index (χ2v) is 25.8. The summed E-state index contributed by atoms with van der Waals surface area (Å²) < 4.78 is 36.6. The number of ether oxygens (including phenoxy) is 6. The van der Waals surface area contributed by atoms with Crippen LogP contribution in [0.3, 0.4) is 0 Å². The molecule has 12 rings (SSSR count). The maximum absolute atomic E-state index is 15.9. The molecule has 7 aliphatic heterocycles. The van der Waals surface area contributed by atoms with Gasteiger partial charge in [0.1, 0.15) is 120 Å². The lowest BCUT2D eigenvalue weighted by Crippen LogP contribution is -2.65. The highest BCUT2D eigenvalue weighted by atomic mass is 35.5. The number of carbonyl (C=O) groups excluding carboxylic acids is 7. The molecule has 35 nitrogen and oxygen atoms in total. The molecule has 19 atom stereocenters. The minimum atomic E-state index is -2.38. The molecule has 7 amide bonds. The zero-order chi connectivity index (χ0) is 74.2. The van der Waals surface area contributed by atoms with Crippen molar-refractivity contribution in [2.45, 2.75) is 143 Å². The van der Waals surface area contributed by atoms with Crippen LogP contribution >= 0.6 is 23.2 Å². The lowest BCUT2D eigenvalue weighted by molar-refractivity contribution is -0.352. The first-order valence-corrected chi connectivity index (χ1v) is 32.2. The Morgan fingerprint density at radius 2 is 1.19 bits per heavy atom. The molecular weight excluding hydrogens is 1400 g/mol. The number of aliphatic carboxylic acids is 1. The summed E-state index contributed by atoms with van der Waals surface area (Å²) in [6.07, 6.45) is -25.3. The maximum atomic E-state index is 15.9. The highest BCUT2D eigenvalue weighted by molar-refractivity contribution is 6.32. The number of halogens is 2. The van der Waals surface area contributed by atoms with Crippen LogP contribution in [0.15, 0.2) is 78.9 Å². The van der Waals surface area contributed by atoms with Crippen LogP contribution in [-0.4, -0.2) is 220 Å². The average Bonchev–Trinajstić information content (AvgIpc) is 0.769. The third-order valence-corrected chi connectivity index (χ3v) is 18.1. The Balaban J connectivity index is 1.20. The van der Waals surface area contributed by atoms with Gasteiger partial charge in [-0.05, 0) is 96.2 Å². The number of aromatic hydroxyl groups is 3. The number of carbonyl (C=O) groups is 8. The molecule has 548 valence electrons. The van der Waals surface area contributed by atoms with Gasteiger partial charge < -0.3 is 138 Å². The summed E-state index contributed by atoms with van der Waals surface area (Å²) in [6.45, 7) is 1.59. The van der Waals surface area contributed by atoms with Crippen molar-refractivity contribution in [2.75, 3.05) is 20.3 Å². The van der Waals surface area contributed by atoms with Crippen molar-refractivity contribution in [3.8, 4) is 57.1 Å². The minimum Gasteiger partial charge on any atom is -0.508 e. The van der Waals surface area contributed by atoms with E-state index in [0.29, 0.717) is 0 Å². The number of aliphatic hydroxyl groups is 9. The number of carboxylic acid groups (broad SMARTS) is 1. The third-order valence-electron chi connectivity index (χ3n) is 17.5. The molecule has 0 aromatic heterocycles. The van der Waals surface area contributed by atoms with Crippen LogP contribution in [0.1, 0.15) is 84.8 Å². The molecule has 37 heteroatoms. The molecule has 0 aliphatic carbocycles. The normalized spacial score (nSPS) is 29.3. The van der Waals surface area contributed by atoms with Crippen LogP contribution < -0.4 is 57.2 Å². The summed E-state index contributed by atoms with van der Waals surface area (Å²) >= 11 is 14.0. The molecule has 0 spiro atoms. The number of aliphatic hydroxyl groups excluding tert-OH is 9. The SMILES string of the molecule is CN[C@H](CC(C)C)C(=O)N[C@H]1C(=O)N[C@@H](CC(N)=O)C(=O)N[C@H]2C(=O)N[C@H]3C(=O)N[C@H](C(=O)N[C@H](C(=O)O)c4cc(O)cc(O)c4-c4cc3ccc4O)[C@H](O)c3ccc(c(Cl)c3)Oc3cc2cc(c3O[C@@H]2O[C@H](CO)[C@@H](O[C@@H]3O[C@H](CO)[C@H](O)[C@H](O)[C@H]3O)[C@H](O)[C@H]2O)Oc2ccc(cc2Cl)[C@H]1O. The van der Waals surface area contributed by atoms with E-state index in [-0.39, 0.29) is 29.0 Å². The number of amides is 7. The summed E-state index contributed by atoms with van der Waals surface area (Å²) in [4.78, 5) is 116. The quantitative estimate of drug-likeness (QED) is 0.0555. The monoisotopic (exact) mass is 1470 g/mol. The predicted octanol–water partition coefficient (Wildman–Crippen LogP) is -2.31. The number of nitrogens with two attached hydrogens (primary N) is 1. The highest BCUT2D eigenvalue weighted by Crippen LogP contribution is 2.50. The summed E-state index contributed by atoms with van der Waals surface area (Å²) in [5.74, 6) is -16.6. The van der Waals surface area contributed by atoms with Crippen molar-refractivity contribution in [1.29, 1.82) is 0 Å². The van der Waals surface area contributed by atoms with E-state index in [4.69, 9.17) is 57.4 Å². The van der Waals surface area contributed by atoms with Gasteiger partial charge in [0.05, 0.1) is 35.7 Å². The fraction of sp³-hybridized carbons (Fsp3) is 0.415. The maximum Gasteiger partial charge on any atom is 0.330 e. The standard InChI is InChI=1S/C65H72Cl2N8O27/c1-21(2)10-31(69-3)57(89)74-46-48(82)23-5-8-35(29(66)12-23)97-37-14-25-15-38(55(37)101-65-54(88)52(86)56(40(20-77)100-65)102-64-53(87)51(85)50(84)39(19-76)99-64)98-36-9-6-24(13-30(36)67)49(83)47-62(94)73-45(63(95)96)28-16-26(78)17-34(80)42(28)27-11-22(4-7-33(27)79)43(59(91)75-47)72-60(92)44(25)71-58(90)32(18-41(68)81)70-61(46)93/h4-9,11-17,21,31-32,39-40,43-54,56,64-65,69,76-80,82-88H,10,18-20H2,1-3H3,(H2,68,81)(H,70,93)(H,71,90)(H,72,92)(H,73,94)(H,74,89)(H,75,91)(H,95,96)/t31-,32+,39-,40-,43-,44-,45+,46-,47+,48-,49-,50+,51+,52-,53-,54-,56-,64+,65+/m1/s1. The van der Waals surface area contributed by atoms with Crippen LogP contribution in [0.2, 0.25) is 10.0 Å². The summed E-state index contributed by atoms with van der Waals surface area (Å²) in [5.41, 5.74) is 2.66. The molecule has 5 aromatic rings. The van der Waals surface area contributed by atoms with Gasteiger partial charge >= 0.3 is 5.97 Å². The largest absolute Gasteiger partial charge is 0.508 e. The number of phenolic OH excluding ortho intramolecular Hbond substituents is 3. The van der Waals surface area contributed by atoms with E-state index in [9.17, 15) is 90.4 Å². The molecule has 102 heavy (non-hydrogen) atoms. The Morgan fingerprint density at radius 3 is 1.77 bits per heavy atom. The summed E-state index contributed by atoms with van der Waals surface area (Å²) in [6, 6.07) is -1.36. The molecule has 7 heterocycles. The number of benzene rings is 5. The Labute approximate surface area is 586 Å². The van der Waals surface area contributed by atoms with Gasteiger partial charge in [-0.1, -0.05) is 55.2 Å². The van der Waals surface area contributed by atoms with Crippen molar-refractivity contribution < 1.29 is 133 Å². The Kier molecular flexibility index (Phi) is 23.0. The van der Waals surface area contributed by atoms with Crippen molar-refractivity contribution >= 4 is 70.5 Å². The molecular formula is C65H72Cl2N8O27. The molecule has 0 saturated carbocycles. The molecule has 2 saturated heterocycles. The number of hydrogen-bond donors (Lipinski definition) is 21. The minimum absolute atomic E-state index is 0.113. The van der Waals surface area contributed by atoms with Gasteiger partial charge in [0.2, 0.25) is 53.4 Å². The van der Waals surface area contributed by atoms with Crippen LogP contribution in [0.4, 0.5) is 0 Å². The Bertz CT molecular complexity index is 4080. The van der Waals surface area contributed by atoms with Gasteiger partial charge in [-0.25, -0.2) is 4.79 Å². The molecule has 11 bridgehead atoms. The second kappa shape index (κ2) is 31.1. The van der Waals surface area contributed by atoms with Crippen molar-refractivity contribution in [2.24, 2.45) is 11.7 Å². The third kappa shape index (κ3) is 15.7. The number of nitrogens with one attached hydrogen (secondary N) is 7. The molecule has 22 N–H and O–H groups in total. The van der Waals surface area contributed by atoms with Crippen molar-refractivity contribution in [3.05, 3.63) is 117 Å². The Morgan fingerprint density at radius 1 is 0.608 bits per heavy atom. The molecule has 5 aromatic carbocycles. The smallest absolute Gasteiger partial charge is 0.330 e. The first-order valence-electron chi connectivity index (χ1n) is 31.4.